The van der Waals surface area contributed by atoms with Gasteiger partial charge in [-0.15, -0.1) is 0 Å². The van der Waals surface area contributed by atoms with Crippen LogP contribution in [-0.2, 0) is 25.6 Å². The van der Waals surface area contributed by atoms with E-state index in [2.05, 4.69) is 11.9 Å². The average molecular weight is 515 g/mol. The second-order valence-electron chi connectivity index (χ2n) is 11.9. The van der Waals surface area contributed by atoms with E-state index in [1.54, 1.807) is 13.3 Å². The van der Waals surface area contributed by atoms with Crippen molar-refractivity contribution in [1.82, 2.24) is 9.55 Å². The Bertz CT molecular complexity index is 1130. The van der Waals surface area contributed by atoms with Crippen LogP contribution < -0.4 is 0 Å². The Kier molecular flexibility index (Phi) is 8.12. The molecule has 0 bridgehead atoms. The molecule has 3 unspecified atom stereocenters. The third-order valence-electron chi connectivity index (χ3n) is 8.56. The summed E-state index contributed by atoms with van der Waals surface area (Å²) in [4.78, 5) is 30.7. The molecule has 0 saturated carbocycles. The molecule has 0 amide bonds. The van der Waals surface area contributed by atoms with Crippen LogP contribution in [0.2, 0.25) is 0 Å². The van der Waals surface area contributed by atoms with Crippen molar-refractivity contribution in [3.63, 3.8) is 0 Å². The van der Waals surface area contributed by atoms with Crippen molar-refractivity contribution >= 4 is 22.8 Å². The molecule has 4 rings (SSSR count). The summed E-state index contributed by atoms with van der Waals surface area (Å²) < 4.78 is 14.0. The second-order valence-corrected chi connectivity index (χ2v) is 11.9. The van der Waals surface area contributed by atoms with Gasteiger partial charge in [-0.3, -0.25) is 9.59 Å². The van der Waals surface area contributed by atoms with Gasteiger partial charge in [-0.25, -0.2) is 4.98 Å². The Morgan fingerprint density at radius 3 is 2.65 bits per heavy atom. The molecule has 0 aliphatic carbocycles. The number of aliphatic hydroxyl groups is 2. The van der Waals surface area contributed by atoms with Gasteiger partial charge in [0, 0.05) is 30.7 Å². The van der Waals surface area contributed by atoms with Crippen molar-refractivity contribution in [3.8, 4) is 0 Å². The van der Waals surface area contributed by atoms with Crippen molar-refractivity contribution in [2.75, 3.05) is 6.61 Å². The number of aromatic nitrogens is 2. The number of carbonyl (C=O) groups is 2. The van der Waals surface area contributed by atoms with Crippen LogP contribution in [0.1, 0.15) is 84.8 Å². The second kappa shape index (κ2) is 10.8. The number of aliphatic hydroxyl groups excluding tert-OH is 2. The molecule has 8 heteroatoms. The van der Waals surface area contributed by atoms with Crippen LogP contribution in [0.4, 0.5) is 0 Å². The van der Waals surface area contributed by atoms with E-state index in [9.17, 15) is 19.8 Å². The number of imidazole rings is 1. The van der Waals surface area contributed by atoms with Gasteiger partial charge in [0.1, 0.15) is 11.9 Å². The van der Waals surface area contributed by atoms with Crippen molar-refractivity contribution in [2.24, 2.45) is 17.3 Å². The normalized spacial score (nSPS) is 33.6. The lowest BCUT2D eigenvalue weighted by molar-refractivity contribution is -0.151. The number of fused-ring (bicyclic) bond motifs is 2. The van der Waals surface area contributed by atoms with E-state index in [1.807, 2.05) is 43.5 Å². The van der Waals surface area contributed by atoms with E-state index < -0.39 is 23.5 Å². The Morgan fingerprint density at radius 1 is 1.16 bits per heavy atom. The molecule has 2 aromatic rings. The van der Waals surface area contributed by atoms with Crippen LogP contribution in [0.25, 0.3) is 11.0 Å². The van der Waals surface area contributed by atoms with Crippen LogP contribution in [0.5, 0.6) is 0 Å². The van der Waals surface area contributed by atoms with Crippen LogP contribution in [0, 0.1) is 17.3 Å². The lowest BCUT2D eigenvalue weighted by Crippen LogP contribution is -2.39. The molecule has 1 aromatic heterocycles. The van der Waals surface area contributed by atoms with Gasteiger partial charge in [0.05, 0.1) is 41.8 Å². The van der Waals surface area contributed by atoms with Gasteiger partial charge in [-0.05, 0) is 49.8 Å². The summed E-state index contributed by atoms with van der Waals surface area (Å²) in [7, 11) is 0. The number of benzene rings is 1. The quantitative estimate of drug-likeness (QED) is 0.462. The highest BCUT2D eigenvalue weighted by molar-refractivity contribution is 5.87. The standard InChI is InChI=1S/C29H42N2O6/c1-18-7-6-11-29(5)24(37-29)16-23(20-8-9-22-21(15-20)30-17-31(22)13-14-32)36-25(33)10-12-28(3,4)27(35)19(2)26(18)34/h8-9,15,17-19,23-24,26,32,34H,6-7,10-14,16H2,1-5H3/t18-,19+,23?,24?,26?,29+/m0/s1. The lowest BCUT2D eigenvalue weighted by Gasteiger charge is -2.31. The number of hydrogen-bond donors (Lipinski definition) is 2. The number of cyclic esters (lactones) is 1. The van der Waals surface area contributed by atoms with E-state index >= 15 is 0 Å². The Hall–Kier alpha value is -2.29. The molecule has 2 aliphatic rings. The van der Waals surface area contributed by atoms with E-state index in [0.717, 1.165) is 35.9 Å². The zero-order valence-electron chi connectivity index (χ0n) is 22.8. The number of hydrogen-bond acceptors (Lipinski definition) is 7. The molecular formula is C29H42N2O6. The van der Waals surface area contributed by atoms with Gasteiger partial charge in [0.25, 0.3) is 0 Å². The number of nitrogens with zero attached hydrogens (tertiary/aromatic N) is 2. The fourth-order valence-electron chi connectivity index (χ4n) is 5.79. The number of Topliss-reactive ketones (excluding diaryl/α,β-unsaturated/α-hetero) is 1. The van der Waals surface area contributed by atoms with Crippen LogP contribution >= 0.6 is 0 Å². The largest absolute Gasteiger partial charge is 0.457 e. The fourth-order valence-corrected chi connectivity index (χ4v) is 5.79. The molecule has 37 heavy (non-hydrogen) atoms. The zero-order chi connectivity index (χ0) is 27.0. The first kappa shape index (κ1) is 27.7. The minimum Gasteiger partial charge on any atom is -0.457 e. The van der Waals surface area contributed by atoms with Crippen molar-refractivity contribution in [1.29, 1.82) is 0 Å². The van der Waals surface area contributed by atoms with Gasteiger partial charge in [-0.1, -0.05) is 40.2 Å². The van der Waals surface area contributed by atoms with Crippen molar-refractivity contribution in [2.45, 2.75) is 104 Å². The van der Waals surface area contributed by atoms with Crippen LogP contribution in [0.3, 0.4) is 0 Å². The molecule has 2 saturated heterocycles. The first-order valence-electron chi connectivity index (χ1n) is 13.6. The monoisotopic (exact) mass is 514 g/mol. The number of esters is 1. The predicted molar refractivity (Wildman–Crippen MR) is 140 cm³/mol. The van der Waals surface area contributed by atoms with Crippen LogP contribution in [0.15, 0.2) is 24.5 Å². The number of ketones is 1. The molecule has 204 valence electrons. The molecule has 8 nitrogen and oxygen atoms in total. The third kappa shape index (κ3) is 6.07. The minimum atomic E-state index is -0.748. The molecule has 2 N–H and O–H groups in total. The molecular weight excluding hydrogens is 472 g/mol. The topological polar surface area (TPSA) is 114 Å². The van der Waals surface area contributed by atoms with Gasteiger partial charge in [-0.2, -0.15) is 0 Å². The van der Waals surface area contributed by atoms with E-state index in [1.165, 1.54) is 0 Å². The third-order valence-corrected chi connectivity index (χ3v) is 8.56. The van der Waals surface area contributed by atoms with Gasteiger partial charge >= 0.3 is 5.97 Å². The van der Waals surface area contributed by atoms with E-state index in [0.29, 0.717) is 19.4 Å². The predicted octanol–water partition coefficient (Wildman–Crippen LogP) is 4.35. The van der Waals surface area contributed by atoms with Gasteiger partial charge in [0.2, 0.25) is 0 Å². The Labute approximate surface area is 219 Å². The molecule has 2 aliphatic heterocycles. The summed E-state index contributed by atoms with van der Waals surface area (Å²) >= 11 is 0. The highest BCUT2D eigenvalue weighted by Gasteiger charge is 2.52. The average Bonchev–Trinajstić information content (AvgIpc) is 3.32. The smallest absolute Gasteiger partial charge is 0.306 e. The molecule has 2 fully saturated rings. The summed E-state index contributed by atoms with van der Waals surface area (Å²) in [5.41, 5.74) is 1.51. The van der Waals surface area contributed by atoms with Gasteiger partial charge < -0.3 is 24.3 Å². The maximum Gasteiger partial charge on any atom is 0.306 e. The number of epoxide rings is 1. The van der Waals surface area contributed by atoms with Crippen molar-refractivity contribution in [3.05, 3.63) is 30.1 Å². The summed E-state index contributed by atoms with van der Waals surface area (Å²) in [6.07, 6.45) is 4.02. The lowest BCUT2D eigenvalue weighted by atomic mass is 9.74. The van der Waals surface area contributed by atoms with Crippen LogP contribution in [-0.4, -0.2) is 55.9 Å². The van der Waals surface area contributed by atoms with Crippen molar-refractivity contribution < 1.29 is 29.3 Å². The summed E-state index contributed by atoms with van der Waals surface area (Å²) in [6.45, 7) is 10.1. The first-order chi connectivity index (χ1) is 17.4. The summed E-state index contributed by atoms with van der Waals surface area (Å²) in [5.74, 6) is -0.879. The molecule has 3 heterocycles. The number of ether oxygens (including phenoxy) is 2. The minimum absolute atomic E-state index is 0.00135. The maximum absolute atomic E-state index is 13.2. The fraction of sp³-hybridized carbons (Fsp3) is 0.690. The highest BCUT2D eigenvalue weighted by atomic mass is 16.6. The maximum atomic E-state index is 13.2. The summed E-state index contributed by atoms with van der Waals surface area (Å²) in [6, 6.07) is 5.84. The Morgan fingerprint density at radius 2 is 1.92 bits per heavy atom. The SMILES string of the molecule is C[C@H]1CCC[C@@]2(C)OC2CC(c2ccc3c(c2)ncn3CCO)OC(=O)CCC(C)(C)C(=O)[C@H](C)C1O. The number of rotatable bonds is 3. The zero-order valence-corrected chi connectivity index (χ0v) is 22.8. The molecule has 6 atom stereocenters. The molecule has 1 aromatic carbocycles. The summed E-state index contributed by atoms with van der Waals surface area (Å²) in [5, 5.41) is 20.2. The van der Waals surface area contributed by atoms with E-state index in [-0.39, 0.29) is 42.4 Å². The molecule has 0 radical (unpaired) electrons. The first-order valence-corrected chi connectivity index (χ1v) is 13.6. The van der Waals surface area contributed by atoms with E-state index in [4.69, 9.17) is 9.47 Å². The van der Waals surface area contributed by atoms with Gasteiger partial charge in [0.15, 0.2) is 0 Å². The molecule has 0 spiro atoms. The Balaban J connectivity index is 1.58. The number of carbonyl (C=O) groups excluding carboxylic acids is 2. The highest BCUT2D eigenvalue weighted by Crippen LogP contribution is 2.46.